The summed E-state index contributed by atoms with van der Waals surface area (Å²) in [4.78, 5) is 11.3. The maximum Gasteiger partial charge on any atom is 0.307 e. The van der Waals surface area contributed by atoms with Crippen LogP contribution in [0.2, 0.25) is 0 Å². The van der Waals surface area contributed by atoms with Crippen LogP contribution in [0.5, 0.6) is 0 Å². The smallest absolute Gasteiger partial charge is 0.307 e. The lowest BCUT2D eigenvalue weighted by molar-refractivity contribution is -0.143. The average molecular weight is 217 g/mol. The number of aryl methyl sites for hydroxylation is 1. The average Bonchev–Trinajstić information content (AvgIpc) is 2.26. The summed E-state index contributed by atoms with van der Waals surface area (Å²) in [6.07, 6.45) is 0.119. The maximum absolute atomic E-state index is 11.3. The Labute approximate surface area is 95.7 Å². The van der Waals surface area contributed by atoms with Gasteiger partial charge in [0.25, 0.3) is 0 Å². The van der Waals surface area contributed by atoms with Crippen LogP contribution in [0, 0.1) is 18.3 Å². The highest BCUT2D eigenvalue weighted by atomic mass is 16.5. The number of nitrogens with zero attached hydrogens (tertiary/aromatic N) is 1. The van der Waals surface area contributed by atoms with Crippen LogP contribution < -0.4 is 0 Å². The second-order valence-corrected chi connectivity index (χ2v) is 3.60. The molecule has 0 N–H and O–H groups in total. The summed E-state index contributed by atoms with van der Waals surface area (Å²) in [5.74, 6) is -0.741. The van der Waals surface area contributed by atoms with E-state index in [1.54, 1.807) is 6.92 Å². The molecule has 0 heterocycles. The van der Waals surface area contributed by atoms with Gasteiger partial charge in [-0.2, -0.15) is 5.26 Å². The summed E-state index contributed by atoms with van der Waals surface area (Å²) in [5, 5.41) is 9.03. The standard InChI is InChI=1S/C13H15NO2/c1-3-16-13(15)8-12(9-14)11-6-4-5-10(2)7-11/h4-7,12H,3,8H2,1-2H3. The topological polar surface area (TPSA) is 50.1 Å². The largest absolute Gasteiger partial charge is 0.466 e. The molecule has 1 aromatic rings. The van der Waals surface area contributed by atoms with Gasteiger partial charge in [-0.25, -0.2) is 0 Å². The van der Waals surface area contributed by atoms with Gasteiger partial charge in [0.2, 0.25) is 0 Å². The number of carbonyl (C=O) groups is 1. The van der Waals surface area contributed by atoms with E-state index in [0.717, 1.165) is 11.1 Å². The molecule has 0 amide bonds. The van der Waals surface area contributed by atoms with Crippen LogP contribution in [0.25, 0.3) is 0 Å². The number of rotatable bonds is 4. The zero-order chi connectivity index (χ0) is 12.0. The quantitative estimate of drug-likeness (QED) is 0.728. The number of carbonyl (C=O) groups excluding carboxylic acids is 1. The minimum Gasteiger partial charge on any atom is -0.466 e. The van der Waals surface area contributed by atoms with Gasteiger partial charge in [0.05, 0.1) is 25.0 Å². The fourth-order valence-corrected chi connectivity index (χ4v) is 1.51. The van der Waals surface area contributed by atoms with Crippen molar-refractivity contribution in [3.05, 3.63) is 35.4 Å². The molecule has 16 heavy (non-hydrogen) atoms. The van der Waals surface area contributed by atoms with Crippen molar-refractivity contribution in [1.29, 1.82) is 5.26 Å². The third-order valence-electron chi connectivity index (χ3n) is 2.28. The Morgan fingerprint density at radius 3 is 2.88 bits per heavy atom. The highest BCUT2D eigenvalue weighted by molar-refractivity contribution is 5.71. The molecule has 0 radical (unpaired) electrons. The summed E-state index contributed by atoms with van der Waals surface area (Å²) in [6.45, 7) is 4.07. The molecule has 0 bridgehead atoms. The molecule has 0 spiro atoms. The Bertz CT molecular complexity index is 407. The van der Waals surface area contributed by atoms with Crippen LogP contribution in [0.4, 0.5) is 0 Å². The number of benzene rings is 1. The van der Waals surface area contributed by atoms with E-state index in [4.69, 9.17) is 10.00 Å². The van der Waals surface area contributed by atoms with Crippen molar-refractivity contribution in [3.8, 4) is 6.07 Å². The Kier molecular flexibility index (Phi) is 4.53. The van der Waals surface area contributed by atoms with Crippen molar-refractivity contribution >= 4 is 5.97 Å². The van der Waals surface area contributed by atoms with Crippen LogP contribution in [-0.4, -0.2) is 12.6 Å². The first-order valence-corrected chi connectivity index (χ1v) is 5.29. The number of esters is 1. The SMILES string of the molecule is CCOC(=O)CC(C#N)c1cccc(C)c1. The molecule has 1 rings (SSSR count). The zero-order valence-corrected chi connectivity index (χ0v) is 9.56. The summed E-state index contributed by atoms with van der Waals surface area (Å²) in [5.41, 5.74) is 1.96. The zero-order valence-electron chi connectivity index (χ0n) is 9.56. The van der Waals surface area contributed by atoms with Gasteiger partial charge in [-0.05, 0) is 19.4 Å². The molecular weight excluding hydrogens is 202 g/mol. The van der Waals surface area contributed by atoms with Crippen LogP contribution in [0.1, 0.15) is 30.4 Å². The van der Waals surface area contributed by atoms with E-state index in [-0.39, 0.29) is 12.4 Å². The summed E-state index contributed by atoms with van der Waals surface area (Å²) in [6, 6.07) is 9.77. The van der Waals surface area contributed by atoms with Crippen molar-refractivity contribution in [2.24, 2.45) is 0 Å². The minimum atomic E-state index is -0.418. The first-order chi connectivity index (χ1) is 7.67. The van der Waals surface area contributed by atoms with E-state index < -0.39 is 5.92 Å². The second kappa shape index (κ2) is 5.92. The second-order valence-electron chi connectivity index (χ2n) is 3.60. The highest BCUT2D eigenvalue weighted by Crippen LogP contribution is 2.20. The van der Waals surface area contributed by atoms with Crippen LogP contribution >= 0.6 is 0 Å². The highest BCUT2D eigenvalue weighted by Gasteiger charge is 2.16. The molecule has 0 aromatic heterocycles. The molecule has 0 aliphatic rings. The van der Waals surface area contributed by atoms with Gasteiger partial charge in [0.15, 0.2) is 0 Å². The third-order valence-corrected chi connectivity index (χ3v) is 2.28. The Morgan fingerprint density at radius 2 is 2.31 bits per heavy atom. The van der Waals surface area contributed by atoms with Crippen molar-refractivity contribution in [2.75, 3.05) is 6.61 Å². The van der Waals surface area contributed by atoms with Crippen molar-refractivity contribution in [1.82, 2.24) is 0 Å². The van der Waals surface area contributed by atoms with Crippen molar-refractivity contribution in [3.63, 3.8) is 0 Å². The van der Waals surface area contributed by atoms with Gasteiger partial charge in [-0.1, -0.05) is 29.8 Å². The van der Waals surface area contributed by atoms with E-state index in [2.05, 4.69) is 6.07 Å². The molecule has 3 heteroatoms. The summed E-state index contributed by atoms with van der Waals surface area (Å²) in [7, 11) is 0. The fourth-order valence-electron chi connectivity index (χ4n) is 1.51. The Balaban J connectivity index is 2.76. The van der Waals surface area contributed by atoms with Gasteiger partial charge < -0.3 is 4.74 Å². The number of nitriles is 1. The van der Waals surface area contributed by atoms with Gasteiger partial charge in [-0.15, -0.1) is 0 Å². The van der Waals surface area contributed by atoms with Gasteiger partial charge in [-0.3, -0.25) is 4.79 Å². The molecule has 0 saturated heterocycles. The van der Waals surface area contributed by atoms with E-state index in [1.807, 2.05) is 31.2 Å². The monoisotopic (exact) mass is 217 g/mol. The third kappa shape index (κ3) is 3.39. The molecule has 1 aromatic carbocycles. The minimum absolute atomic E-state index is 0.119. The first-order valence-electron chi connectivity index (χ1n) is 5.29. The van der Waals surface area contributed by atoms with E-state index in [0.29, 0.717) is 6.61 Å². The number of hydrogen-bond acceptors (Lipinski definition) is 3. The van der Waals surface area contributed by atoms with Crippen LogP contribution in [-0.2, 0) is 9.53 Å². The summed E-state index contributed by atoms with van der Waals surface area (Å²) >= 11 is 0. The van der Waals surface area contributed by atoms with E-state index in [9.17, 15) is 4.79 Å². The Hall–Kier alpha value is -1.82. The molecule has 1 atom stereocenters. The van der Waals surface area contributed by atoms with Crippen molar-refractivity contribution in [2.45, 2.75) is 26.2 Å². The molecule has 1 unspecified atom stereocenters. The lowest BCUT2D eigenvalue weighted by Gasteiger charge is -2.09. The predicted octanol–water partition coefficient (Wildman–Crippen LogP) is 2.56. The molecular formula is C13H15NO2. The maximum atomic E-state index is 11.3. The van der Waals surface area contributed by atoms with Gasteiger partial charge in [0, 0.05) is 0 Å². The molecule has 84 valence electrons. The number of ether oxygens (including phenoxy) is 1. The predicted molar refractivity (Wildman–Crippen MR) is 60.8 cm³/mol. The van der Waals surface area contributed by atoms with Crippen LogP contribution in [0.3, 0.4) is 0 Å². The van der Waals surface area contributed by atoms with Crippen LogP contribution in [0.15, 0.2) is 24.3 Å². The molecule has 0 saturated carbocycles. The van der Waals surface area contributed by atoms with Crippen molar-refractivity contribution < 1.29 is 9.53 Å². The fraction of sp³-hybridized carbons (Fsp3) is 0.385. The normalized spacial score (nSPS) is 11.6. The summed E-state index contributed by atoms with van der Waals surface area (Å²) < 4.78 is 4.84. The van der Waals surface area contributed by atoms with E-state index >= 15 is 0 Å². The lowest BCUT2D eigenvalue weighted by Crippen LogP contribution is -2.09. The molecule has 0 aliphatic heterocycles. The molecule has 0 aliphatic carbocycles. The lowest BCUT2D eigenvalue weighted by atomic mass is 9.96. The van der Waals surface area contributed by atoms with E-state index in [1.165, 1.54) is 0 Å². The first kappa shape index (κ1) is 12.3. The molecule has 3 nitrogen and oxygen atoms in total. The van der Waals surface area contributed by atoms with Gasteiger partial charge in [0.1, 0.15) is 0 Å². The number of hydrogen-bond donors (Lipinski definition) is 0. The Morgan fingerprint density at radius 1 is 1.56 bits per heavy atom. The molecule has 0 fully saturated rings. The van der Waals surface area contributed by atoms with Gasteiger partial charge >= 0.3 is 5.97 Å².